The summed E-state index contributed by atoms with van der Waals surface area (Å²) < 4.78 is 35.6. The fourth-order valence-electron chi connectivity index (χ4n) is 1.99. The van der Waals surface area contributed by atoms with E-state index in [0.29, 0.717) is 11.3 Å². The Hall–Kier alpha value is -2.96. The molecule has 1 aromatic carbocycles. The molecule has 5 nitrogen and oxygen atoms in total. The second-order valence-corrected chi connectivity index (χ2v) is 4.38. The van der Waals surface area contributed by atoms with Crippen LogP contribution in [0.3, 0.4) is 0 Å². The van der Waals surface area contributed by atoms with Crippen LogP contribution in [0, 0.1) is 0 Å². The van der Waals surface area contributed by atoms with Gasteiger partial charge in [0.1, 0.15) is 11.5 Å². The van der Waals surface area contributed by atoms with Gasteiger partial charge < -0.3 is 13.7 Å². The quantitative estimate of drug-likeness (QED) is 0.743. The van der Waals surface area contributed by atoms with Gasteiger partial charge in [-0.05, 0) is 12.1 Å². The zero-order valence-corrected chi connectivity index (χ0v) is 11.1. The smallest absolute Gasteiger partial charge is 0.387 e. The Morgan fingerprint density at radius 2 is 2.09 bits per heavy atom. The van der Waals surface area contributed by atoms with Gasteiger partial charge in [0, 0.05) is 30.1 Å². The molecule has 0 spiro atoms. The zero-order chi connectivity index (χ0) is 15.5. The fraction of sp³-hybridized carbons (Fsp3) is 0.0667. The Morgan fingerprint density at radius 1 is 1.23 bits per heavy atom. The predicted octanol–water partition coefficient (Wildman–Crippen LogP) is 3.09. The third kappa shape index (κ3) is 3.03. The predicted molar refractivity (Wildman–Crippen MR) is 74.2 cm³/mol. The van der Waals surface area contributed by atoms with E-state index in [0.717, 1.165) is 0 Å². The highest BCUT2D eigenvalue weighted by Gasteiger charge is 2.09. The highest BCUT2D eigenvalue weighted by atomic mass is 19.3. The number of alkyl halides is 2. The molecule has 0 aliphatic heterocycles. The first-order valence-corrected chi connectivity index (χ1v) is 6.30. The van der Waals surface area contributed by atoms with Crippen LogP contribution in [0.25, 0.3) is 17.0 Å². The van der Waals surface area contributed by atoms with Crippen molar-refractivity contribution < 1.29 is 17.9 Å². The molecule has 0 N–H and O–H groups in total. The van der Waals surface area contributed by atoms with Crippen LogP contribution >= 0.6 is 0 Å². The van der Waals surface area contributed by atoms with E-state index in [4.69, 9.17) is 4.42 Å². The van der Waals surface area contributed by atoms with Crippen molar-refractivity contribution >= 4 is 0 Å². The highest BCUT2D eigenvalue weighted by Crippen LogP contribution is 2.25. The van der Waals surface area contributed by atoms with Crippen LogP contribution < -0.4 is 10.4 Å². The van der Waals surface area contributed by atoms with Crippen LogP contribution in [-0.2, 0) is 0 Å². The van der Waals surface area contributed by atoms with Gasteiger partial charge in [-0.3, -0.25) is 0 Å². The summed E-state index contributed by atoms with van der Waals surface area (Å²) in [5.74, 6) is 0.235. The van der Waals surface area contributed by atoms with Gasteiger partial charge >= 0.3 is 12.2 Å². The third-order valence-corrected chi connectivity index (χ3v) is 2.90. The van der Waals surface area contributed by atoms with Gasteiger partial charge in [-0.25, -0.2) is 9.78 Å². The Morgan fingerprint density at radius 3 is 2.82 bits per heavy atom. The number of hydrogen-bond acceptors (Lipinski definition) is 4. The number of aromatic nitrogens is 2. The molecule has 0 radical (unpaired) electrons. The van der Waals surface area contributed by atoms with Gasteiger partial charge in [-0.15, -0.1) is 0 Å². The van der Waals surface area contributed by atoms with Crippen LogP contribution in [0.5, 0.6) is 5.75 Å². The molecule has 0 aliphatic rings. The van der Waals surface area contributed by atoms with Crippen LogP contribution in [0.1, 0.15) is 0 Å². The second kappa shape index (κ2) is 5.80. The summed E-state index contributed by atoms with van der Waals surface area (Å²) in [5.41, 5.74) is 0.461. The lowest BCUT2D eigenvalue weighted by Gasteiger charge is -2.07. The summed E-state index contributed by atoms with van der Waals surface area (Å²) in [6, 6.07) is 8.87. The molecule has 2 heterocycles. The van der Waals surface area contributed by atoms with E-state index in [-0.39, 0.29) is 11.5 Å². The lowest BCUT2D eigenvalue weighted by Crippen LogP contribution is -2.03. The fourth-order valence-corrected chi connectivity index (χ4v) is 1.99. The Balaban J connectivity index is 2.03. The van der Waals surface area contributed by atoms with Crippen molar-refractivity contribution in [2.24, 2.45) is 0 Å². The van der Waals surface area contributed by atoms with Crippen LogP contribution in [0.15, 0.2) is 64.3 Å². The van der Waals surface area contributed by atoms with Crippen molar-refractivity contribution in [3.8, 4) is 22.8 Å². The molecule has 0 aliphatic carbocycles. The first kappa shape index (κ1) is 14.0. The Labute approximate surface area is 123 Å². The number of imidazole rings is 1. The van der Waals surface area contributed by atoms with Crippen LogP contribution in [0.4, 0.5) is 8.78 Å². The summed E-state index contributed by atoms with van der Waals surface area (Å²) in [6.07, 6.45) is 4.79. The van der Waals surface area contributed by atoms with Crippen molar-refractivity contribution in [3.05, 3.63) is 65.5 Å². The molecule has 0 saturated heterocycles. The Kier molecular flexibility index (Phi) is 3.69. The van der Waals surface area contributed by atoms with Gasteiger partial charge in [0.15, 0.2) is 0 Å². The summed E-state index contributed by atoms with van der Waals surface area (Å²) in [7, 11) is 0. The standard InChI is InChI=1S/C15H10F2N2O3/c16-15(17)21-12-3-1-2-10(6-12)13-7-11(8-14(20)22-13)19-5-4-18-9-19/h1-9,15H. The first-order chi connectivity index (χ1) is 10.6. The van der Waals surface area contributed by atoms with Crippen LogP contribution in [0.2, 0.25) is 0 Å². The molecule has 0 fully saturated rings. The molecular weight excluding hydrogens is 294 g/mol. The lowest BCUT2D eigenvalue weighted by molar-refractivity contribution is -0.0498. The molecule has 112 valence electrons. The summed E-state index contributed by atoms with van der Waals surface area (Å²) >= 11 is 0. The van der Waals surface area contributed by atoms with E-state index in [9.17, 15) is 13.6 Å². The Bertz CT molecular complexity index is 829. The summed E-state index contributed by atoms with van der Waals surface area (Å²) in [5, 5.41) is 0. The molecule has 0 atom stereocenters. The average molecular weight is 304 g/mol. The number of hydrogen-bond donors (Lipinski definition) is 0. The largest absolute Gasteiger partial charge is 0.435 e. The van der Waals surface area contributed by atoms with Gasteiger partial charge in [0.25, 0.3) is 0 Å². The van der Waals surface area contributed by atoms with Crippen molar-refractivity contribution in [3.63, 3.8) is 0 Å². The maximum atomic E-state index is 12.3. The summed E-state index contributed by atoms with van der Waals surface area (Å²) in [6.45, 7) is -2.92. The molecule has 7 heteroatoms. The van der Waals surface area contributed by atoms with Crippen molar-refractivity contribution in [1.29, 1.82) is 0 Å². The molecule has 0 saturated carbocycles. The molecule has 2 aromatic heterocycles. The van der Waals surface area contributed by atoms with Gasteiger partial charge in [-0.1, -0.05) is 12.1 Å². The van der Waals surface area contributed by atoms with Gasteiger partial charge in [0.2, 0.25) is 0 Å². The minimum atomic E-state index is -2.92. The monoisotopic (exact) mass is 304 g/mol. The summed E-state index contributed by atoms with van der Waals surface area (Å²) in [4.78, 5) is 15.6. The molecule has 0 amide bonds. The normalized spacial score (nSPS) is 10.9. The molecule has 22 heavy (non-hydrogen) atoms. The lowest BCUT2D eigenvalue weighted by atomic mass is 10.1. The van der Waals surface area contributed by atoms with Gasteiger partial charge in [-0.2, -0.15) is 8.78 Å². The number of rotatable bonds is 4. The van der Waals surface area contributed by atoms with E-state index >= 15 is 0 Å². The van der Waals surface area contributed by atoms with E-state index in [2.05, 4.69) is 9.72 Å². The molecule has 3 rings (SSSR count). The number of ether oxygens (including phenoxy) is 1. The average Bonchev–Trinajstić information content (AvgIpc) is 3.00. The van der Waals surface area contributed by atoms with E-state index in [1.54, 1.807) is 29.1 Å². The van der Waals surface area contributed by atoms with Crippen molar-refractivity contribution in [1.82, 2.24) is 9.55 Å². The maximum Gasteiger partial charge on any atom is 0.387 e. The van der Waals surface area contributed by atoms with Gasteiger partial charge in [0.05, 0.1) is 12.0 Å². The van der Waals surface area contributed by atoms with E-state index < -0.39 is 12.2 Å². The molecule has 0 unspecified atom stereocenters. The minimum Gasteiger partial charge on any atom is -0.435 e. The van der Waals surface area contributed by atoms with Crippen LogP contribution in [-0.4, -0.2) is 16.2 Å². The zero-order valence-electron chi connectivity index (χ0n) is 11.1. The molecule has 3 aromatic rings. The van der Waals surface area contributed by atoms with E-state index in [1.807, 2.05) is 0 Å². The van der Waals surface area contributed by atoms with Crippen molar-refractivity contribution in [2.45, 2.75) is 6.61 Å². The molecule has 0 bridgehead atoms. The number of halogens is 2. The topological polar surface area (TPSA) is 57.3 Å². The highest BCUT2D eigenvalue weighted by molar-refractivity contribution is 5.61. The van der Waals surface area contributed by atoms with Crippen molar-refractivity contribution in [2.75, 3.05) is 0 Å². The SMILES string of the molecule is O=c1cc(-n2ccnc2)cc(-c2cccc(OC(F)F)c2)o1. The maximum absolute atomic E-state index is 12.3. The first-order valence-electron chi connectivity index (χ1n) is 6.30. The van der Waals surface area contributed by atoms with E-state index in [1.165, 1.54) is 30.6 Å². The second-order valence-electron chi connectivity index (χ2n) is 4.38. The minimum absolute atomic E-state index is 0.0109. The third-order valence-electron chi connectivity index (χ3n) is 2.90. The molecular formula is C15H10F2N2O3. The number of benzene rings is 1. The number of nitrogens with zero attached hydrogens (tertiary/aromatic N) is 2.